The highest BCUT2D eigenvalue weighted by Crippen LogP contribution is 2.20. The van der Waals surface area contributed by atoms with E-state index in [9.17, 15) is 63.0 Å². The number of aromatic nitrogens is 1. The number of aliphatic carboxylic acids is 1. The van der Waals surface area contributed by atoms with Crippen molar-refractivity contribution in [2.24, 2.45) is 44.6 Å². The quantitative estimate of drug-likeness (QED) is 0.0114. The number of aromatic amines is 1. The van der Waals surface area contributed by atoms with E-state index in [4.69, 9.17) is 28.7 Å². The van der Waals surface area contributed by atoms with Crippen LogP contribution in [0.2, 0.25) is 0 Å². The van der Waals surface area contributed by atoms with E-state index in [2.05, 4.69) is 75.4 Å². The first kappa shape index (κ1) is 70.3. The van der Waals surface area contributed by atoms with E-state index in [-0.39, 0.29) is 63.5 Å². The third-order valence-electron chi connectivity index (χ3n) is 13.0. The van der Waals surface area contributed by atoms with Gasteiger partial charge in [-0.2, -0.15) is 12.6 Å². The normalized spacial score (nSPS) is 14.5. The molecule has 1 unspecified atom stereocenters. The molecule has 85 heavy (non-hydrogen) atoms. The number of hydrogen-bond acceptors (Lipinski definition) is 15. The van der Waals surface area contributed by atoms with Crippen molar-refractivity contribution in [3.05, 3.63) is 71.9 Å². The minimum atomic E-state index is -1.74. The number of guanidine groups is 2. The zero-order chi connectivity index (χ0) is 63.5. The largest absolute Gasteiger partial charge is 0.480 e. The van der Waals surface area contributed by atoms with Gasteiger partial charge in [-0.25, -0.2) is 4.79 Å². The number of benzene rings is 2. The van der Waals surface area contributed by atoms with Gasteiger partial charge in [-0.05, 0) is 69.1 Å². The number of aliphatic hydroxyl groups is 1. The lowest BCUT2D eigenvalue weighted by atomic mass is 10.0. The van der Waals surface area contributed by atoms with Crippen molar-refractivity contribution in [3.8, 4) is 0 Å². The van der Waals surface area contributed by atoms with Gasteiger partial charge in [-0.15, -0.1) is 0 Å². The lowest BCUT2D eigenvalue weighted by Gasteiger charge is -2.28. The number of amides is 10. The number of carbonyl (C=O) groups is 11. The highest BCUT2D eigenvalue weighted by molar-refractivity contribution is 7.80. The first-order chi connectivity index (χ1) is 40.1. The van der Waals surface area contributed by atoms with Gasteiger partial charge in [0.05, 0.1) is 6.10 Å². The third-order valence-corrected chi connectivity index (χ3v) is 13.4. The summed E-state index contributed by atoms with van der Waals surface area (Å²) in [4.78, 5) is 159. The highest BCUT2D eigenvalue weighted by atomic mass is 32.1. The molecule has 0 bridgehead atoms. The number of para-hydroxylation sites is 1. The first-order valence-corrected chi connectivity index (χ1v) is 27.9. The Kier molecular flexibility index (Phi) is 29.1. The van der Waals surface area contributed by atoms with E-state index in [1.165, 1.54) is 13.8 Å². The van der Waals surface area contributed by atoms with Crippen molar-refractivity contribution in [1.82, 2.24) is 52.8 Å². The lowest BCUT2D eigenvalue weighted by Crippen LogP contribution is -2.62. The molecule has 0 radical (unpaired) electrons. The van der Waals surface area contributed by atoms with E-state index in [1.807, 2.05) is 0 Å². The Bertz CT molecular complexity index is 2860. The van der Waals surface area contributed by atoms with Crippen LogP contribution >= 0.6 is 12.6 Å². The summed E-state index contributed by atoms with van der Waals surface area (Å²) >= 11 is 4.21. The number of aliphatic imine (C=N–C) groups is 2. The maximum atomic E-state index is 14.9. The van der Waals surface area contributed by atoms with Gasteiger partial charge in [0, 0.05) is 62.1 Å². The molecule has 0 aliphatic rings. The maximum Gasteiger partial charge on any atom is 0.326 e. The van der Waals surface area contributed by atoms with Gasteiger partial charge in [-0.3, -0.25) is 57.9 Å². The monoisotopic (exact) mass is 1210 g/mol. The van der Waals surface area contributed by atoms with Crippen molar-refractivity contribution < 1.29 is 63.0 Å². The summed E-state index contributed by atoms with van der Waals surface area (Å²) in [6.45, 7) is 6.90. The number of carboxylic acids is 1. The van der Waals surface area contributed by atoms with Crippen LogP contribution in [-0.4, -0.2) is 171 Å². The van der Waals surface area contributed by atoms with Crippen LogP contribution < -0.4 is 76.5 Å². The Balaban J connectivity index is 2.01. The number of carboxylic acid groups (broad SMARTS) is 1. The summed E-state index contributed by atoms with van der Waals surface area (Å²) in [5, 5.41) is 43.4. The molecule has 31 heteroatoms. The maximum absolute atomic E-state index is 14.9. The fraction of sp³-hybridized carbons (Fsp3) is 0.500. The molecule has 0 saturated heterocycles. The molecule has 0 saturated carbocycles. The number of H-pyrrole nitrogens is 1. The van der Waals surface area contributed by atoms with Crippen molar-refractivity contribution in [2.45, 2.75) is 146 Å². The number of thiol groups is 1. The van der Waals surface area contributed by atoms with Gasteiger partial charge in [0.1, 0.15) is 54.4 Å². The van der Waals surface area contributed by atoms with Gasteiger partial charge in [-0.1, -0.05) is 62.4 Å². The average molecular weight is 1210 g/mol. The van der Waals surface area contributed by atoms with Crippen LogP contribution in [0.1, 0.15) is 84.3 Å². The van der Waals surface area contributed by atoms with Gasteiger partial charge >= 0.3 is 5.97 Å². The molecule has 0 spiro atoms. The van der Waals surface area contributed by atoms with Crippen LogP contribution in [0.5, 0.6) is 0 Å². The molecule has 0 fully saturated rings. The van der Waals surface area contributed by atoms with Crippen LogP contribution in [-0.2, 0) is 65.6 Å². The van der Waals surface area contributed by atoms with Gasteiger partial charge < -0.3 is 91.7 Å². The summed E-state index contributed by atoms with van der Waals surface area (Å²) in [5.74, 6) is -11.6. The van der Waals surface area contributed by atoms with E-state index >= 15 is 0 Å². The van der Waals surface area contributed by atoms with Gasteiger partial charge in [0.15, 0.2) is 11.9 Å². The molecule has 0 aliphatic carbocycles. The Hall–Kier alpha value is -9.00. The molecule has 3 rings (SSSR count). The Labute approximate surface area is 496 Å². The number of nitrogens with two attached hydrogens (primary N) is 5. The first-order valence-electron chi connectivity index (χ1n) is 27.3. The summed E-state index contributed by atoms with van der Waals surface area (Å²) in [6, 6.07) is 2.40. The minimum Gasteiger partial charge on any atom is -0.480 e. The summed E-state index contributed by atoms with van der Waals surface area (Å²) in [7, 11) is 0. The Morgan fingerprint density at radius 1 is 0.541 bits per heavy atom. The second-order valence-electron chi connectivity index (χ2n) is 20.4. The molecular weight excluding hydrogens is 1130 g/mol. The zero-order valence-electron chi connectivity index (χ0n) is 48.0. The number of carbonyl (C=O) groups excluding carboxylic acids is 10. The molecule has 2 aromatic carbocycles. The van der Waals surface area contributed by atoms with Crippen molar-refractivity contribution in [3.63, 3.8) is 0 Å². The average Bonchev–Trinajstić information content (AvgIpc) is 3.64. The number of hydrogen-bond donors (Lipinski definition) is 18. The van der Waals surface area contributed by atoms with E-state index < -0.39 is 150 Å². The molecule has 3 aromatic rings. The minimum absolute atomic E-state index is 0.0398. The van der Waals surface area contributed by atoms with Crippen LogP contribution in [0.3, 0.4) is 0 Å². The topological polar surface area (TPSA) is 507 Å². The molecular formula is C54H81N17O13S. The van der Waals surface area contributed by atoms with Crippen LogP contribution in [0.15, 0.2) is 70.8 Å². The van der Waals surface area contributed by atoms with Crippen molar-refractivity contribution in [2.75, 3.05) is 18.8 Å². The smallest absolute Gasteiger partial charge is 0.326 e. The number of aliphatic hydroxyl groups excluding tert-OH is 1. The molecule has 22 N–H and O–H groups in total. The lowest BCUT2D eigenvalue weighted by molar-refractivity contribution is -0.143. The summed E-state index contributed by atoms with van der Waals surface area (Å²) in [5.41, 5.74) is 29.2. The summed E-state index contributed by atoms with van der Waals surface area (Å²) in [6.07, 6.45) is -0.917. The van der Waals surface area contributed by atoms with E-state index in [1.54, 1.807) is 74.6 Å². The molecule has 10 atom stereocenters. The van der Waals surface area contributed by atoms with Crippen LogP contribution in [0.4, 0.5) is 0 Å². The number of primary amides is 1. The molecule has 1 aromatic heterocycles. The van der Waals surface area contributed by atoms with E-state index in [0.29, 0.717) is 22.0 Å². The number of fused-ring (bicyclic) bond motifs is 1. The fourth-order valence-corrected chi connectivity index (χ4v) is 8.77. The van der Waals surface area contributed by atoms with Crippen LogP contribution in [0.25, 0.3) is 10.9 Å². The van der Waals surface area contributed by atoms with E-state index in [0.717, 1.165) is 6.92 Å². The molecule has 30 nitrogen and oxygen atoms in total. The van der Waals surface area contributed by atoms with Crippen molar-refractivity contribution in [1.29, 1.82) is 0 Å². The molecule has 10 amide bonds. The zero-order valence-corrected chi connectivity index (χ0v) is 48.9. The number of rotatable bonds is 36. The van der Waals surface area contributed by atoms with Gasteiger partial charge in [0.25, 0.3) is 0 Å². The Morgan fingerprint density at radius 3 is 1.49 bits per heavy atom. The highest BCUT2D eigenvalue weighted by Gasteiger charge is 2.36. The second-order valence-corrected chi connectivity index (χ2v) is 20.8. The molecule has 466 valence electrons. The number of nitrogens with one attached hydrogen (secondary N) is 10. The predicted molar refractivity (Wildman–Crippen MR) is 317 cm³/mol. The molecule has 0 aliphatic heterocycles. The number of nitrogens with zero attached hydrogens (tertiary/aromatic N) is 2. The predicted octanol–water partition coefficient (Wildman–Crippen LogP) is -4.22. The SMILES string of the molecule is CC(=O)N[C@@H](CCCN=C(N)N)C(=O)N[C@@H](CCCN=C(N)N)C(=O)N[C@@H](Cc1ccccc1)C(=O)N[C@@H](Cc1c[nH]c2ccccc12)C(=O)N[C@@H](CCC(N)=O)C(=O)N[C@@H](CS)C(=O)N[C@H](C(=O)N[C@@H](C)C(=O)NC(C(=O)O)C(C)C)[C@@H](C)O. The Morgan fingerprint density at radius 2 is 1.00 bits per heavy atom. The van der Waals surface area contributed by atoms with Gasteiger partial charge in [0.2, 0.25) is 59.1 Å². The fourth-order valence-electron chi connectivity index (χ4n) is 8.51. The van der Waals surface area contributed by atoms with Crippen LogP contribution in [0, 0.1) is 5.92 Å². The molecule has 1 heterocycles. The van der Waals surface area contributed by atoms with Crippen molar-refractivity contribution >= 4 is 100 Å². The summed E-state index contributed by atoms with van der Waals surface area (Å²) < 4.78 is 0. The third kappa shape index (κ3) is 24.4. The second kappa shape index (κ2) is 35.2. The standard InChI is InChI=1S/C54H81N17O13S/c1-27(2)42(52(83)84)70-44(75)28(3)63-51(82)43(29(4)72)71-50(81)40(26-85)69-47(78)37(19-20-41(55)74)66-49(80)39(24-32-25-62-34-16-10-9-15-33(32)34)68-48(79)38(23-31-13-7-6-8-14-31)67-46(77)36(18-12-22-61-54(58)59)65-45(76)35(64-30(5)73)17-11-21-60-53(56)57/h6-10,13-16,25,27-29,35-40,42-43,62,72,85H,11-12,17-24,26H2,1-5H3,(H2,55,74)(H,63,82)(H,64,73)(H,65,76)(H,66,80)(H,67,77)(H,68,79)(H,69,78)(H,70,75)(H,71,81)(H,83,84)(H4,56,57,60)(H4,58,59,61)/t28-,29+,35-,36-,37-,38-,39-,40-,42?,43-/m0/s1.